The van der Waals surface area contributed by atoms with Crippen molar-refractivity contribution in [3.05, 3.63) is 0 Å². The fraction of sp³-hybridized carbons (Fsp3) is 0.923. The molecule has 20 heavy (non-hydrogen) atoms. The highest BCUT2D eigenvalue weighted by atomic mass is 32.2. The lowest BCUT2D eigenvalue weighted by molar-refractivity contribution is -0.137. The van der Waals surface area contributed by atoms with E-state index in [1.54, 1.807) is 4.90 Å². The predicted molar refractivity (Wildman–Crippen MR) is 75.6 cm³/mol. The quantitative estimate of drug-likeness (QED) is 0.785. The van der Waals surface area contributed by atoms with E-state index in [4.69, 9.17) is 0 Å². The monoisotopic (exact) mass is 304 g/mol. The van der Waals surface area contributed by atoms with Crippen molar-refractivity contribution < 1.29 is 18.3 Å². The van der Waals surface area contributed by atoms with Crippen molar-refractivity contribution in [2.24, 2.45) is 0 Å². The SMILES string of the molecule is CS(=O)(=O)N1CCCC1C(=O)N(CCO)C1CCCC1. The molecule has 2 fully saturated rings. The van der Waals surface area contributed by atoms with Crippen LogP contribution in [0, 0.1) is 0 Å². The number of rotatable bonds is 5. The van der Waals surface area contributed by atoms with Gasteiger partial charge < -0.3 is 10.0 Å². The number of aliphatic hydroxyl groups excluding tert-OH is 1. The molecule has 116 valence electrons. The van der Waals surface area contributed by atoms with Crippen LogP contribution in [0.15, 0.2) is 0 Å². The van der Waals surface area contributed by atoms with E-state index in [-0.39, 0.29) is 18.6 Å². The van der Waals surface area contributed by atoms with Gasteiger partial charge in [0.05, 0.1) is 12.9 Å². The Balaban J connectivity index is 2.14. The van der Waals surface area contributed by atoms with Gasteiger partial charge in [-0.15, -0.1) is 0 Å². The molecule has 2 aliphatic rings. The standard InChI is InChI=1S/C13H24N2O4S/c1-20(18,19)15-8-4-7-12(15)13(17)14(9-10-16)11-5-2-3-6-11/h11-12,16H,2-10H2,1H3. The summed E-state index contributed by atoms with van der Waals surface area (Å²) in [6, 6.07) is -0.409. The van der Waals surface area contributed by atoms with Crippen molar-refractivity contribution >= 4 is 15.9 Å². The van der Waals surface area contributed by atoms with E-state index >= 15 is 0 Å². The van der Waals surface area contributed by atoms with Crippen LogP contribution in [0.1, 0.15) is 38.5 Å². The Kier molecular flexibility index (Phi) is 5.04. The lowest BCUT2D eigenvalue weighted by Crippen LogP contribution is -2.51. The fourth-order valence-corrected chi connectivity index (χ4v) is 4.49. The molecule has 0 aromatic rings. The third kappa shape index (κ3) is 3.32. The van der Waals surface area contributed by atoms with Gasteiger partial charge >= 0.3 is 0 Å². The summed E-state index contributed by atoms with van der Waals surface area (Å²) in [5, 5.41) is 9.19. The van der Waals surface area contributed by atoms with Gasteiger partial charge in [-0.1, -0.05) is 12.8 Å². The summed E-state index contributed by atoms with van der Waals surface area (Å²) in [4.78, 5) is 14.4. The number of amides is 1. The van der Waals surface area contributed by atoms with Gasteiger partial charge in [-0.2, -0.15) is 4.31 Å². The maximum atomic E-state index is 12.7. The Morgan fingerprint density at radius 1 is 1.25 bits per heavy atom. The Hall–Kier alpha value is -0.660. The highest BCUT2D eigenvalue weighted by molar-refractivity contribution is 7.88. The van der Waals surface area contributed by atoms with Crippen LogP contribution < -0.4 is 0 Å². The average molecular weight is 304 g/mol. The van der Waals surface area contributed by atoms with Crippen LogP contribution in [0.3, 0.4) is 0 Å². The fourth-order valence-electron chi connectivity index (χ4n) is 3.37. The molecular weight excluding hydrogens is 280 g/mol. The van der Waals surface area contributed by atoms with Crippen LogP contribution in [0.25, 0.3) is 0 Å². The van der Waals surface area contributed by atoms with Crippen molar-refractivity contribution in [3.63, 3.8) is 0 Å². The number of aliphatic hydroxyl groups is 1. The number of hydrogen-bond acceptors (Lipinski definition) is 4. The van der Waals surface area contributed by atoms with Crippen molar-refractivity contribution in [2.45, 2.75) is 50.6 Å². The van der Waals surface area contributed by atoms with Crippen LogP contribution in [-0.4, -0.2) is 66.7 Å². The van der Waals surface area contributed by atoms with Gasteiger partial charge in [-0.3, -0.25) is 4.79 Å². The summed E-state index contributed by atoms with van der Waals surface area (Å²) in [7, 11) is -3.35. The molecule has 0 aromatic heterocycles. The molecule has 2 rings (SSSR count). The van der Waals surface area contributed by atoms with Gasteiger partial charge in [-0.25, -0.2) is 8.42 Å². The number of carbonyl (C=O) groups is 1. The highest BCUT2D eigenvalue weighted by Crippen LogP contribution is 2.27. The molecule has 7 heteroatoms. The first-order chi connectivity index (χ1) is 9.45. The molecule has 1 saturated heterocycles. The zero-order valence-corrected chi connectivity index (χ0v) is 12.8. The summed E-state index contributed by atoms with van der Waals surface area (Å²) in [6.45, 7) is 0.651. The van der Waals surface area contributed by atoms with E-state index in [0.29, 0.717) is 19.5 Å². The molecule has 1 aliphatic heterocycles. The minimum atomic E-state index is -3.35. The van der Waals surface area contributed by atoms with Crippen molar-refractivity contribution in [1.82, 2.24) is 9.21 Å². The lowest BCUT2D eigenvalue weighted by atomic mass is 10.1. The molecule has 0 aromatic carbocycles. The third-order valence-corrected chi connectivity index (χ3v) is 5.59. The third-order valence-electron chi connectivity index (χ3n) is 4.30. The normalized spacial score (nSPS) is 25.2. The Labute approximate surface area is 120 Å². The Morgan fingerprint density at radius 2 is 1.90 bits per heavy atom. The largest absolute Gasteiger partial charge is 0.395 e. The molecule has 1 saturated carbocycles. The first-order valence-electron chi connectivity index (χ1n) is 7.33. The summed E-state index contributed by atoms with van der Waals surface area (Å²) in [5.41, 5.74) is 0. The van der Waals surface area contributed by atoms with E-state index in [1.165, 1.54) is 4.31 Å². The molecule has 6 nitrogen and oxygen atoms in total. The molecule has 1 unspecified atom stereocenters. The second kappa shape index (κ2) is 6.41. The van der Waals surface area contributed by atoms with Crippen LogP contribution in [0.4, 0.5) is 0 Å². The van der Waals surface area contributed by atoms with E-state index in [1.807, 2.05) is 0 Å². The number of nitrogens with zero attached hydrogens (tertiary/aromatic N) is 2. The number of carbonyl (C=O) groups excluding carboxylic acids is 1. The molecule has 0 spiro atoms. The van der Waals surface area contributed by atoms with E-state index in [2.05, 4.69) is 0 Å². The summed E-state index contributed by atoms with van der Waals surface area (Å²) in [6.07, 6.45) is 6.57. The highest BCUT2D eigenvalue weighted by Gasteiger charge is 2.40. The number of hydrogen-bond donors (Lipinski definition) is 1. The Morgan fingerprint density at radius 3 is 2.45 bits per heavy atom. The molecule has 1 amide bonds. The molecule has 1 atom stereocenters. The van der Waals surface area contributed by atoms with Crippen molar-refractivity contribution in [3.8, 4) is 0 Å². The zero-order valence-electron chi connectivity index (χ0n) is 12.0. The van der Waals surface area contributed by atoms with E-state index in [0.717, 1.165) is 38.4 Å². The van der Waals surface area contributed by atoms with Crippen LogP contribution in [0.5, 0.6) is 0 Å². The summed E-state index contributed by atoms with van der Waals surface area (Å²) in [5.74, 6) is -0.131. The second-order valence-corrected chi connectivity index (χ2v) is 7.66. The van der Waals surface area contributed by atoms with Crippen LogP contribution in [0.2, 0.25) is 0 Å². The summed E-state index contributed by atoms with van der Waals surface area (Å²) < 4.78 is 24.8. The van der Waals surface area contributed by atoms with Gasteiger partial charge in [-0.05, 0) is 25.7 Å². The Bertz CT molecular complexity index is 445. The smallest absolute Gasteiger partial charge is 0.241 e. The van der Waals surface area contributed by atoms with Crippen LogP contribution in [-0.2, 0) is 14.8 Å². The van der Waals surface area contributed by atoms with Gasteiger partial charge in [0.25, 0.3) is 0 Å². The lowest BCUT2D eigenvalue weighted by Gasteiger charge is -2.33. The van der Waals surface area contributed by atoms with Crippen molar-refractivity contribution in [2.75, 3.05) is 26.0 Å². The van der Waals surface area contributed by atoms with Crippen molar-refractivity contribution in [1.29, 1.82) is 0 Å². The van der Waals surface area contributed by atoms with Gasteiger partial charge in [0.2, 0.25) is 15.9 Å². The second-order valence-electron chi connectivity index (χ2n) is 5.73. The first kappa shape index (κ1) is 15.7. The predicted octanol–water partition coefficient (Wildman–Crippen LogP) is 0.174. The molecule has 1 aliphatic carbocycles. The molecule has 1 N–H and O–H groups in total. The minimum Gasteiger partial charge on any atom is -0.395 e. The zero-order chi connectivity index (χ0) is 14.8. The molecule has 1 heterocycles. The number of sulfonamides is 1. The molecular formula is C13H24N2O4S. The van der Waals surface area contributed by atoms with Gasteiger partial charge in [0, 0.05) is 19.1 Å². The maximum absolute atomic E-state index is 12.7. The van der Waals surface area contributed by atoms with Crippen LogP contribution >= 0.6 is 0 Å². The average Bonchev–Trinajstić information content (AvgIpc) is 3.04. The first-order valence-corrected chi connectivity index (χ1v) is 9.18. The van der Waals surface area contributed by atoms with E-state index in [9.17, 15) is 18.3 Å². The molecule has 0 radical (unpaired) electrons. The molecule has 0 bridgehead atoms. The van der Waals surface area contributed by atoms with Gasteiger partial charge in [0.1, 0.15) is 6.04 Å². The topological polar surface area (TPSA) is 77.9 Å². The summed E-state index contributed by atoms with van der Waals surface area (Å²) >= 11 is 0. The van der Waals surface area contributed by atoms with E-state index < -0.39 is 16.1 Å². The maximum Gasteiger partial charge on any atom is 0.241 e. The minimum absolute atomic E-state index is 0.0756. The van der Waals surface area contributed by atoms with Gasteiger partial charge in [0.15, 0.2) is 0 Å².